The topological polar surface area (TPSA) is 85.3 Å². The Morgan fingerprint density at radius 1 is 1.15 bits per heavy atom. The van der Waals surface area contributed by atoms with Crippen LogP contribution in [0.5, 0.6) is 0 Å². The van der Waals surface area contributed by atoms with Crippen LogP contribution < -0.4 is 10.00 Å². The Balaban J connectivity index is 1.57. The van der Waals surface area contributed by atoms with Crippen LogP contribution in [0.25, 0.3) is 5.69 Å². The molecule has 1 heterocycles. The van der Waals surface area contributed by atoms with Crippen molar-refractivity contribution in [2.75, 3.05) is 11.9 Å². The Morgan fingerprint density at radius 2 is 1.89 bits per heavy atom. The molecule has 27 heavy (non-hydrogen) atoms. The SMILES string of the molecule is CCOC(=O)c1ccc(-[n+]2cc(NC(=O)SCc3ccccc3)on2)cc1. The summed E-state index contributed by atoms with van der Waals surface area (Å²) < 4.78 is 11.5. The minimum Gasteiger partial charge on any atom is -0.462 e. The van der Waals surface area contributed by atoms with Gasteiger partial charge < -0.3 is 4.74 Å². The molecular weight excluding hydrogens is 366 g/mol. The van der Waals surface area contributed by atoms with Crippen molar-refractivity contribution in [2.45, 2.75) is 12.7 Å². The highest BCUT2D eigenvalue weighted by atomic mass is 32.2. The molecule has 138 valence electrons. The van der Waals surface area contributed by atoms with Crippen molar-refractivity contribution >= 4 is 28.9 Å². The van der Waals surface area contributed by atoms with Crippen LogP contribution in [0, 0.1) is 0 Å². The zero-order valence-corrected chi connectivity index (χ0v) is 15.4. The molecule has 2 aromatic carbocycles. The highest BCUT2D eigenvalue weighted by molar-refractivity contribution is 8.13. The number of rotatable bonds is 6. The maximum absolute atomic E-state index is 12.0. The number of esters is 1. The number of hydrogen-bond acceptors (Lipinski definition) is 6. The molecule has 7 nitrogen and oxygen atoms in total. The molecule has 3 rings (SSSR count). The second-order valence-electron chi connectivity index (χ2n) is 5.46. The number of thioether (sulfide) groups is 1. The minimum atomic E-state index is -0.377. The van der Waals surface area contributed by atoms with Gasteiger partial charge in [-0.05, 0) is 29.3 Å². The van der Waals surface area contributed by atoms with E-state index < -0.39 is 0 Å². The second kappa shape index (κ2) is 9.00. The monoisotopic (exact) mass is 384 g/mol. The summed E-state index contributed by atoms with van der Waals surface area (Å²) in [5.74, 6) is 0.420. The molecule has 0 aliphatic carbocycles. The normalized spacial score (nSPS) is 10.4. The maximum Gasteiger partial charge on any atom is 0.338 e. The van der Waals surface area contributed by atoms with Gasteiger partial charge in [0.05, 0.1) is 12.2 Å². The smallest absolute Gasteiger partial charge is 0.338 e. The van der Waals surface area contributed by atoms with E-state index in [4.69, 9.17) is 9.26 Å². The summed E-state index contributed by atoms with van der Waals surface area (Å²) in [4.78, 5) is 23.7. The molecule has 0 saturated carbocycles. The van der Waals surface area contributed by atoms with E-state index in [9.17, 15) is 9.59 Å². The summed E-state index contributed by atoms with van der Waals surface area (Å²) in [5, 5.41) is 6.28. The molecule has 0 saturated heterocycles. The second-order valence-corrected chi connectivity index (χ2v) is 6.41. The Hall–Kier alpha value is -3.13. The van der Waals surface area contributed by atoms with Crippen LogP contribution in [0.15, 0.2) is 65.3 Å². The zero-order chi connectivity index (χ0) is 19.1. The third kappa shape index (κ3) is 5.18. The number of carbonyl (C=O) groups is 2. The molecule has 1 aromatic heterocycles. The zero-order valence-electron chi connectivity index (χ0n) is 14.6. The van der Waals surface area contributed by atoms with Crippen molar-refractivity contribution in [1.29, 1.82) is 0 Å². The maximum atomic E-state index is 12.0. The molecule has 8 heteroatoms. The van der Waals surface area contributed by atoms with Gasteiger partial charge in [-0.2, -0.15) is 0 Å². The van der Waals surface area contributed by atoms with Crippen LogP contribution in [0.2, 0.25) is 0 Å². The molecule has 0 unspecified atom stereocenters. The molecule has 3 aromatic rings. The fourth-order valence-corrected chi connectivity index (χ4v) is 2.91. The highest BCUT2D eigenvalue weighted by Gasteiger charge is 2.17. The summed E-state index contributed by atoms with van der Waals surface area (Å²) in [6.45, 7) is 2.08. The number of benzene rings is 2. The number of nitrogens with zero attached hydrogens (tertiary/aromatic N) is 2. The predicted octanol–water partition coefficient (Wildman–Crippen LogP) is 3.59. The predicted molar refractivity (Wildman–Crippen MR) is 101 cm³/mol. The van der Waals surface area contributed by atoms with Gasteiger partial charge in [-0.3, -0.25) is 14.6 Å². The first-order valence-corrected chi connectivity index (χ1v) is 9.28. The summed E-state index contributed by atoms with van der Waals surface area (Å²) in [5.41, 5.74) is 2.20. The van der Waals surface area contributed by atoms with Gasteiger partial charge in [0.25, 0.3) is 11.4 Å². The first-order valence-electron chi connectivity index (χ1n) is 8.29. The number of carbonyl (C=O) groups excluding carboxylic acids is 2. The van der Waals surface area contributed by atoms with Crippen molar-refractivity contribution in [1.82, 2.24) is 5.27 Å². The molecule has 1 amide bonds. The van der Waals surface area contributed by atoms with Crippen LogP contribution in [0.3, 0.4) is 0 Å². The molecule has 1 N–H and O–H groups in total. The van der Waals surface area contributed by atoms with E-state index in [1.54, 1.807) is 37.4 Å². The summed E-state index contributed by atoms with van der Waals surface area (Å²) in [6, 6.07) is 16.4. The van der Waals surface area contributed by atoms with E-state index in [0.29, 0.717) is 23.6 Å². The molecule has 0 aliphatic heterocycles. The quantitative estimate of drug-likeness (QED) is 0.516. The minimum absolute atomic E-state index is 0.232. The van der Waals surface area contributed by atoms with Gasteiger partial charge in [0, 0.05) is 17.9 Å². The number of amides is 1. The van der Waals surface area contributed by atoms with Crippen molar-refractivity contribution in [3.8, 4) is 5.69 Å². The van der Waals surface area contributed by atoms with Crippen LogP contribution in [0.1, 0.15) is 22.8 Å². The van der Waals surface area contributed by atoms with Gasteiger partial charge in [0.15, 0.2) is 0 Å². The lowest BCUT2D eigenvalue weighted by Crippen LogP contribution is -2.31. The van der Waals surface area contributed by atoms with E-state index >= 15 is 0 Å². The largest absolute Gasteiger partial charge is 0.462 e. The highest BCUT2D eigenvalue weighted by Crippen LogP contribution is 2.15. The third-order valence-corrected chi connectivity index (χ3v) is 4.39. The van der Waals surface area contributed by atoms with Gasteiger partial charge in [-0.1, -0.05) is 42.1 Å². The number of ether oxygens (including phenoxy) is 1. The average Bonchev–Trinajstić information content (AvgIpc) is 3.16. The summed E-state index contributed by atoms with van der Waals surface area (Å²) >= 11 is 1.14. The first kappa shape index (κ1) is 18.7. The van der Waals surface area contributed by atoms with Crippen molar-refractivity contribution in [2.24, 2.45) is 0 Å². The summed E-state index contributed by atoms with van der Waals surface area (Å²) in [6.07, 6.45) is 1.56. The van der Waals surface area contributed by atoms with Crippen LogP contribution in [0.4, 0.5) is 10.7 Å². The average molecular weight is 384 g/mol. The Morgan fingerprint density at radius 3 is 2.59 bits per heavy atom. The first-order chi connectivity index (χ1) is 13.2. The lowest BCUT2D eigenvalue weighted by molar-refractivity contribution is -0.670. The molecule has 0 atom stereocenters. The lowest BCUT2D eigenvalue weighted by atomic mass is 10.2. The van der Waals surface area contributed by atoms with E-state index in [0.717, 1.165) is 17.3 Å². The lowest BCUT2D eigenvalue weighted by Gasteiger charge is -2.00. The van der Waals surface area contributed by atoms with Gasteiger partial charge in [0.1, 0.15) is 0 Å². The number of anilines is 1. The van der Waals surface area contributed by atoms with E-state index in [1.807, 2.05) is 30.3 Å². The molecule has 0 spiro atoms. The third-order valence-electron chi connectivity index (χ3n) is 3.55. The fourth-order valence-electron chi connectivity index (χ4n) is 2.25. The van der Waals surface area contributed by atoms with Gasteiger partial charge in [-0.15, -0.1) is 0 Å². The Labute approximate surface area is 160 Å². The van der Waals surface area contributed by atoms with Crippen molar-refractivity contribution in [3.63, 3.8) is 0 Å². The molecule has 0 fully saturated rings. The molecule has 0 bridgehead atoms. The number of nitrogens with one attached hydrogen (secondary N) is 1. The number of aromatic nitrogens is 2. The van der Waals surface area contributed by atoms with E-state index in [-0.39, 0.29) is 17.1 Å². The van der Waals surface area contributed by atoms with Crippen LogP contribution in [-0.4, -0.2) is 23.1 Å². The van der Waals surface area contributed by atoms with Gasteiger partial charge in [0.2, 0.25) is 11.0 Å². The fraction of sp³-hybridized carbons (Fsp3) is 0.158. The standard InChI is InChI=1S/C19H17N3O4S/c1-2-25-18(23)15-8-10-16(11-9-15)22-12-17(26-21-22)20-19(24)27-13-14-6-4-3-5-7-14/h3-12H,2,13H2,1H3/p+1. The van der Waals surface area contributed by atoms with E-state index in [1.165, 1.54) is 4.68 Å². The number of hydrogen-bond donors (Lipinski definition) is 1. The summed E-state index contributed by atoms with van der Waals surface area (Å²) in [7, 11) is 0. The Bertz CT molecular complexity index is 910. The van der Waals surface area contributed by atoms with E-state index in [2.05, 4.69) is 10.6 Å². The van der Waals surface area contributed by atoms with Crippen molar-refractivity contribution < 1.29 is 23.5 Å². The van der Waals surface area contributed by atoms with Crippen molar-refractivity contribution in [3.05, 3.63) is 71.9 Å². The molecule has 0 aliphatic rings. The molecular formula is C19H18N3O4S+. The van der Waals surface area contributed by atoms with Gasteiger partial charge >= 0.3 is 11.9 Å². The van der Waals surface area contributed by atoms with Gasteiger partial charge in [-0.25, -0.2) is 4.79 Å². The molecule has 0 radical (unpaired) electrons. The Kier molecular flexibility index (Phi) is 6.22. The van der Waals surface area contributed by atoms with Crippen LogP contribution in [-0.2, 0) is 10.5 Å². The van der Waals surface area contributed by atoms with Crippen LogP contribution >= 0.6 is 11.8 Å².